The van der Waals surface area contributed by atoms with Gasteiger partial charge in [0, 0.05) is 17.7 Å². The first-order valence-corrected chi connectivity index (χ1v) is 8.15. The highest BCUT2D eigenvalue weighted by molar-refractivity contribution is 7.84. The normalized spacial score (nSPS) is 17.7. The summed E-state index contributed by atoms with van der Waals surface area (Å²) in [6, 6.07) is 9.40. The second-order valence-corrected chi connectivity index (χ2v) is 6.05. The maximum absolute atomic E-state index is 12.1. The van der Waals surface area contributed by atoms with Crippen LogP contribution in [0.2, 0.25) is 0 Å². The van der Waals surface area contributed by atoms with E-state index in [-0.39, 0.29) is 11.5 Å². The summed E-state index contributed by atoms with van der Waals surface area (Å²) >= 11 is 0. The van der Waals surface area contributed by atoms with Gasteiger partial charge in [-0.3, -0.25) is 0 Å². The van der Waals surface area contributed by atoms with E-state index in [9.17, 15) is 4.21 Å². The van der Waals surface area contributed by atoms with Gasteiger partial charge in [-0.1, -0.05) is 23.3 Å². The van der Waals surface area contributed by atoms with Gasteiger partial charge in [0.1, 0.15) is 10.8 Å². The Kier molecular flexibility index (Phi) is 4.74. The maximum atomic E-state index is 12.1. The van der Waals surface area contributed by atoms with Gasteiger partial charge in [-0.25, -0.2) is 4.21 Å². The van der Waals surface area contributed by atoms with Crippen LogP contribution in [0.5, 0.6) is 0 Å². The zero-order chi connectivity index (χ0) is 14.5. The van der Waals surface area contributed by atoms with Gasteiger partial charge in [0.2, 0.25) is 5.89 Å². The second-order valence-electron chi connectivity index (χ2n) is 4.60. The van der Waals surface area contributed by atoms with E-state index in [1.807, 2.05) is 30.3 Å². The Morgan fingerprint density at radius 3 is 2.67 bits per heavy atom. The van der Waals surface area contributed by atoms with Gasteiger partial charge in [0.05, 0.1) is 13.2 Å². The quantitative estimate of drug-likeness (QED) is 0.841. The molecule has 0 radical (unpaired) electrons. The number of hydrogen-bond acceptors (Lipinski definition) is 6. The molecule has 21 heavy (non-hydrogen) atoms. The number of hydrogen-bond donors (Lipinski definition) is 0. The fraction of sp³-hybridized carbons (Fsp3) is 0.429. The average molecular weight is 308 g/mol. The van der Waals surface area contributed by atoms with Gasteiger partial charge in [-0.2, -0.15) is 0 Å². The van der Waals surface area contributed by atoms with Gasteiger partial charge < -0.3 is 13.9 Å². The first-order chi connectivity index (χ1) is 10.3. The number of aromatic nitrogens is 2. The van der Waals surface area contributed by atoms with Crippen molar-refractivity contribution >= 4 is 10.8 Å². The maximum Gasteiger partial charge on any atom is 0.307 e. The van der Waals surface area contributed by atoms with Crippen LogP contribution in [0.4, 0.5) is 0 Å². The van der Waals surface area contributed by atoms with Crippen molar-refractivity contribution in [1.82, 2.24) is 10.2 Å². The minimum absolute atomic E-state index is 0.143. The summed E-state index contributed by atoms with van der Waals surface area (Å²) in [5.41, 5.74) is 0.812. The standard InChI is InChI=1S/C14H16N2O4S/c17-21(10-7-12-18-8-4-9-19-12)14-16-15-13(20-14)11-5-2-1-3-6-11/h1-3,5-6,12H,4,7-10H2. The number of benzene rings is 1. The van der Waals surface area contributed by atoms with Gasteiger partial charge in [0.25, 0.3) is 0 Å². The van der Waals surface area contributed by atoms with Crippen molar-refractivity contribution in [3.05, 3.63) is 30.3 Å². The summed E-state index contributed by atoms with van der Waals surface area (Å²) < 4.78 is 28.4. The van der Waals surface area contributed by atoms with Crippen LogP contribution in [-0.4, -0.2) is 39.7 Å². The predicted octanol–water partition coefficient (Wildman–Crippen LogP) is 2.00. The lowest BCUT2D eigenvalue weighted by Gasteiger charge is -2.22. The SMILES string of the molecule is O=S(CCC1OCCCO1)c1nnc(-c2ccccc2)o1. The number of ether oxygens (including phenoxy) is 2. The Hall–Kier alpha value is -1.57. The lowest BCUT2D eigenvalue weighted by atomic mass is 10.2. The van der Waals surface area contributed by atoms with E-state index in [0.717, 1.165) is 12.0 Å². The molecule has 0 saturated carbocycles. The molecule has 1 aromatic carbocycles. The molecule has 1 atom stereocenters. The van der Waals surface area contributed by atoms with Gasteiger partial charge in [-0.05, 0) is 18.6 Å². The fourth-order valence-electron chi connectivity index (χ4n) is 1.99. The van der Waals surface area contributed by atoms with E-state index >= 15 is 0 Å². The predicted molar refractivity (Wildman–Crippen MR) is 75.9 cm³/mol. The molecule has 1 unspecified atom stereocenters. The topological polar surface area (TPSA) is 74.5 Å². The first kappa shape index (κ1) is 14.4. The van der Waals surface area contributed by atoms with Crippen LogP contribution in [0.3, 0.4) is 0 Å². The second kappa shape index (κ2) is 6.93. The molecule has 6 nitrogen and oxygen atoms in total. The molecule has 2 aromatic rings. The monoisotopic (exact) mass is 308 g/mol. The molecule has 1 aliphatic rings. The van der Waals surface area contributed by atoms with E-state index in [2.05, 4.69) is 10.2 Å². The van der Waals surface area contributed by atoms with Crippen LogP contribution in [0.1, 0.15) is 12.8 Å². The molecule has 1 saturated heterocycles. The molecule has 0 bridgehead atoms. The van der Waals surface area contributed by atoms with Gasteiger partial charge in [-0.15, -0.1) is 5.10 Å². The largest absolute Gasteiger partial charge is 0.410 e. The Labute approximate surface area is 124 Å². The molecule has 0 spiro atoms. The van der Waals surface area contributed by atoms with Crippen LogP contribution in [0, 0.1) is 0 Å². The summed E-state index contributed by atoms with van der Waals surface area (Å²) in [6.07, 6.45) is 1.18. The number of rotatable bonds is 5. The van der Waals surface area contributed by atoms with Crippen LogP contribution >= 0.6 is 0 Å². The van der Waals surface area contributed by atoms with Crippen molar-refractivity contribution in [2.24, 2.45) is 0 Å². The van der Waals surface area contributed by atoms with Crippen molar-refractivity contribution in [2.75, 3.05) is 19.0 Å². The fourth-order valence-corrected chi connectivity index (χ4v) is 2.88. The van der Waals surface area contributed by atoms with Crippen LogP contribution < -0.4 is 0 Å². The Balaban J connectivity index is 1.59. The third-order valence-electron chi connectivity index (χ3n) is 3.06. The van der Waals surface area contributed by atoms with Crippen molar-refractivity contribution in [1.29, 1.82) is 0 Å². The third-order valence-corrected chi connectivity index (χ3v) is 4.22. The molecular weight excluding hydrogens is 292 g/mol. The van der Waals surface area contributed by atoms with Gasteiger partial charge >= 0.3 is 5.22 Å². The van der Waals surface area contributed by atoms with E-state index in [1.165, 1.54) is 0 Å². The van der Waals surface area contributed by atoms with E-state index in [0.29, 0.717) is 31.3 Å². The molecular formula is C14H16N2O4S. The summed E-state index contributed by atoms with van der Waals surface area (Å²) in [7, 11) is -1.34. The first-order valence-electron chi connectivity index (χ1n) is 6.83. The van der Waals surface area contributed by atoms with E-state index in [4.69, 9.17) is 13.9 Å². The zero-order valence-electron chi connectivity index (χ0n) is 11.4. The summed E-state index contributed by atoms with van der Waals surface area (Å²) in [5, 5.41) is 7.93. The van der Waals surface area contributed by atoms with E-state index in [1.54, 1.807) is 0 Å². The summed E-state index contributed by atoms with van der Waals surface area (Å²) in [6.45, 7) is 1.38. The summed E-state index contributed by atoms with van der Waals surface area (Å²) in [5.74, 6) is 0.755. The Morgan fingerprint density at radius 2 is 1.90 bits per heavy atom. The molecule has 2 heterocycles. The Bertz CT molecular complexity index is 596. The summed E-state index contributed by atoms with van der Waals surface area (Å²) in [4.78, 5) is 0. The molecule has 1 aliphatic heterocycles. The average Bonchev–Trinajstić information content (AvgIpc) is 3.04. The molecule has 0 N–H and O–H groups in total. The zero-order valence-corrected chi connectivity index (χ0v) is 12.3. The van der Waals surface area contributed by atoms with Crippen LogP contribution in [0.15, 0.2) is 40.0 Å². The van der Waals surface area contributed by atoms with Gasteiger partial charge in [0.15, 0.2) is 6.29 Å². The number of nitrogens with zero attached hydrogens (tertiary/aromatic N) is 2. The molecule has 0 aliphatic carbocycles. The lowest BCUT2D eigenvalue weighted by Crippen LogP contribution is -2.26. The molecule has 7 heteroatoms. The highest BCUT2D eigenvalue weighted by atomic mass is 32.2. The Morgan fingerprint density at radius 1 is 1.14 bits per heavy atom. The van der Waals surface area contributed by atoms with Crippen LogP contribution in [0.25, 0.3) is 11.5 Å². The van der Waals surface area contributed by atoms with Crippen LogP contribution in [-0.2, 0) is 20.3 Å². The molecule has 1 aromatic heterocycles. The lowest BCUT2D eigenvalue weighted by molar-refractivity contribution is -0.178. The van der Waals surface area contributed by atoms with Crippen molar-refractivity contribution in [3.8, 4) is 11.5 Å². The minimum atomic E-state index is -1.34. The molecule has 1 fully saturated rings. The minimum Gasteiger partial charge on any atom is -0.410 e. The molecule has 3 rings (SSSR count). The van der Waals surface area contributed by atoms with Crippen molar-refractivity contribution < 1.29 is 18.1 Å². The smallest absolute Gasteiger partial charge is 0.307 e. The van der Waals surface area contributed by atoms with Crippen molar-refractivity contribution in [3.63, 3.8) is 0 Å². The molecule has 112 valence electrons. The van der Waals surface area contributed by atoms with Crippen molar-refractivity contribution in [2.45, 2.75) is 24.4 Å². The molecule has 0 amide bonds. The highest BCUT2D eigenvalue weighted by Crippen LogP contribution is 2.19. The highest BCUT2D eigenvalue weighted by Gasteiger charge is 2.19. The van der Waals surface area contributed by atoms with E-state index < -0.39 is 10.8 Å². The third kappa shape index (κ3) is 3.75.